The second kappa shape index (κ2) is 10.1. The summed E-state index contributed by atoms with van der Waals surface area (Å²) in [6.07, 6.45) is 0. The van der Waals surface area contributed by atoms with Crippen LogP contribution in [-0.2, 0) is 9.59 Å². The van der Waals surface area contributed by atoms with Gasteiger partial charge in [0.25, 0.3) is 11.8 Å². The lowest BCUT2D eigenvalue weighted by Gasteiger charge is -2.18. The first kappa shape index (κ1) is 24.8. The Morgan fingerprint density at radius 1 is 0.833 bits per heavy atom. The molecule has 0 aliphatic carbocycles. The molecule has 9 heteroatoms. The van der Waals surface area contributed by atoms with Gasteiger partial charge in [0.1, 0.15) is 28.0 Å². The number of methoxy groups -OCH3 is 2. The lowest BCUT2D eigenvalue weighted by molar-refractivity contribution is -0.120. The average molecular weight is 507 g/mol. The van der Waals surface area contributed by atoms with Gasteiger partial charge >= 0.3 is 5.97 Å². The normalized spacial score (nSPS) is 13.2. The quantitative estimate of drug-likeness (QED) is 0.274. The molecule has 1 N–H and O–H groups in total. The fourth-order valence-electron chi connectivity index (χ4n) is 3.79. The molecule has 0 spiro atoms. The molecule has 0 bridgehead atoms. The Hall–Kier alpha value is -4.30. The number of aryl methyl sites for hydroxylation is 2. The molecule has 0 saturated heterocycles. The number of benzene rings is 3. The van der Waals surface area contributed by atoms with Crippen molar-refractivity contribution in [2.75, 3.05) is 24.4 Å². The van der Waals surface area contributed by atoms with Crippen molar-refractivity contribution < 1.29 is 28.6 Å². The highest BCUT2D eigenvalue weighted by atomic mass is 35.5. The highest BCUT2D eigenvalue weighted by Gasteiger charge is 2.40. The maximum atomic E-state index is 13.1. The summed E-state index contributed by atoms with van der Waals surface area (Å²) in [4.78, 5) is 39.4. The summed E-state index contributed by atoms with van der Waals surface area (Å²) in [6.45, 7) is 3.84. The summed E-state index contributed by atoms with van der Waals surface area (Å²) in [5.74, 6) is -0.626. The van der Waals surface area contributed by atoms with E-state index < -0.39 is 17.8 Å². The molecule has 0 fully saturated rings. The van der Waals surface area contributed by atoms with Gasteiger partial charge in [-0.15, -0.1) is 0 Å². The third-order valence-corrected chi connectivity index (χ3v) is 5.80. The Labute approximate surface area is 213 Å². The molecule has 0 aromatic heterocycles. The molecule has 0 radical (unpaired) electrons. The topological polar surface area (TPSA) is 94.2 Å². The van der Waals surface area contributed by atoms with Gasteiger partial charge in [-0.05, 0) is 73.5 Å². The maximum absolute atomic E-state index is 13.1. The molecule has 8 nitrogen and oxygen atoms in total. The number of halogens is 1. The van der Waals surface area contributed by atoms with Crippen LogP contribution in [0.1, 0.15) is 21.5 Å². The Bertz CT molecular complexity index is 1380. The highest BCUT2D eigenvalue weighted by molar-refractivity contribution is 6.53. The second-order valence-electron chi connectivity index (χ2n) is 8.09. The lowest BCUT2D eigenvalue weighted by atomic mass is 10.1. The minimum Gasteiger partial charge on any atom is -0.497 e. The van der Waals surface area contributed by atoms with Crippen LogP contribution < -0.4 is 24.4 Å². The van der Waals surface area contributed by atoms with Crippen LogP contribution in [0.4, 0.5) is 11.4 Å². The predicted octanol–water partition coefficient (Wildman–Crippen LogP) is 4.98. The SMILES string of the molecule is COc1ccc(N2C(=O)C(Cl)=C(Nc3ccc(C(=O)Oc4cc(C)cc(C)c4)cc3)C2=O)c(OC)c1. The Morgan fingerprint density at radius 2 is 1.50 bits per heavy atom. The summed E-state index contributed by atoms with van der Waals surface area (Å²) < 4.78 is 16.0. The van der Waals surface area contributed by atoms with Crippen molar-refractivity contribution in [3.05, 3.63) is 88.1 Å². The first-order valence-electron chi connectivity index (χ1n) is 10.9. The Balaban J connectivity index is 1.51. The molecule has 36 heavy (non-hydrogen) atoms. The smallest absolute Gasteiger partial charge is 0.343 e. The molecule has 0 atom stereocenters. The molecule has 1 aliphatic heterocycles. The maximum Gasteiger partial charge on any atom is 0.343 e. The van der Waals surface area contributed by atoms with Gasteiger partial charge < -0.3 is 19.5 Å². The predicted molar refractivity (Wildman–Crippen MR) is 136 cm³/mol. The number of carbonyl (C=O) groups excluding carboxylic acids is 3. The van der Waals surface area contributed by atoms with E-state index >= 15 is 0 Å². The van der Waals surface area contributed by atoms with Gasteiger partial charge in [0.05, 0.1) is 25.5 Å². The van der Waals surface area contributed by atoms with Crippen LogP contribution >= 0.6 is 11.6 Å². The van der Waals surface area contributed by atoms with Crippen molar-refractivity contribution in [1.29, 1.82) is 0 Å². The zero-order chi connectivity index (χ0) is 26.0. The van der Waals surface area contributed by atoms with E-state index in [1.54, 1.807) is 48.5 Å². The molecule has 0 saturated carbocycles. The van der Waals surface area contributed by atoms with E-state index in [-0.39, 0.29) is 22.2 Å². The molecular formula is C27H23ClN2O6. The number of imide groups is 1. The third kappa shape index (κ3) is 4.89. The number of nitrogens with one attached hydrogen (secondary N) is 1. The van der Waals surface area contributed by atoms with E-state index in [0.29, 0.717) is 22.7 Å². The second-order valence-corrected chi connectivity index (χ2v) is 8.47. The summed E-state index contributed by atoms with van der Waals surface area (Å²) in [5.41, 5.74) is 2.88. The number of esters is 1. The average Bonchev–Trinajstić information content (AvgIpc) is 3.06. The van der Waals surface area contributed by atoms with Crippen molar-refractivity contribution in [1.82, 2.24) is 0 Å². The molecule has 3 aromatic carbocycles. The molecule has 1 aliphatic rings. The number of anilines is 2. The van der Waals surface area contributed by atoms with Gasteiger partial charge in [-0.1, -0.05) is 17.7 Å². The molecule has 2 amide bonds. The van der Waals surface area contributed by atoms with Crippen molar-refractivity contribution >= 4 is 40.8 Å². The van der Waals surface area contributed by atoms with Crippen LogP contribution in [0.5, 0.6) is 17.2 Å². The number of nitrogens with zero attached hydrogens (tertiary/aromatic N) is 1. The Kier molecular flexibility index (Phi) is 6.98. The number of rotatable bonds is 7. The third-order valence-electron chi connectivity index (χ3n) is 5.45. The Morgan fingerprint density at radius 3 is 2.11 bits per heavy atom. The van der Waals surface area contributed by atoms with Crippen molar-refractivity contribution in [2.24, 2.45) is 0 Å². The molecule has 1 heterocycles. The minimum absolute atomic E-state index is 0.0925. The summed E-state index contributed by atoms with van der Waals surface area (Å²) in [7, 11) is 2.92. The lowest BCUT2D eigenvalue weighted by Crippen LogP contribution is -2.32. The van der Waals surface area contributed by atoms with E-state index in [1.165, 1.54) is 20.3 Å². The van der Waals surface area contributed by atoms with Crippen LogP contribution in [0.25, 0.3) is 0 Å². The zero-order valence-electron chi connectivity index (χ0n) is 20.0. The number of hydrogen-bond donors (Lipinski definition) is 1. The fourth-order valence-corrected chi connectivity index (χ4v) is 4.00. The van der Waals surface area contributed by atoms with E-state index in [2.05, 4.69) is 5.32 Å². The van der Waals surface area contributed by atoms with E-state index in [9.17, 15) is 14.4 Å². The first-order valence-corrected chi connectivity index (χ1v) is 11.3. The van der Waals surface area contributed by atoms with E-state index in [0.717, 1.165) is 16.0 Å². The first-order chi connectivity index (χ1) is 17.2. The van der Waals surface area contributed by atoms with Crippen LogP contribution in [0.2, 0.25) is 0 Å². The monoisotopic (exact) mass is 506 g/mol. The largest absolute Gasteiger partial charge is 0.497 e. The van der Waals surface area contributed by atoms with Gasteiger partial charge in [-0.25, -0.2) is 9.69 Å². The van der Waals surface area contributed by atoms with E-state index in [1.807, 2.05) is 19.9 Å². The van der Waals surface area contributed by atoms with Gasteiger partial charge in [0, 0.05) is 11.8 Å². The molecule has 4 rings (SSSR count). The molecule has 3 aromatic rings. The van der Waals surface area contributed by atoms with Gasteiger partial charge in [-0.3, -0.25) is 9.59 Å². The fraction of sp³-hybridized carbons (Fsp3) is 0.148. The summed E-state index contributed by atoms with van der Waals surface area (Å²) in [5, 5.41) is 2.61. The van der Waals surface area contributed by atoms with Gasteiger partial charge in [-0.2, -0.15) is 0 Å². The number of carbonyl (C=O) groups is 3. The standard InChI is InChI=1S/C27H23ClN2O6/c1-15-11-16(2)13-20(12-15)36-27(33)17-5-7-18(8-6-17)29-24-23(28)25(31)30(26(24)32)21-10-9-19(34-3)14-22(21)35-4/h5-14,29H,1-4H3. The van der Waals surface area contributed by atoms with Crippen LogP contribution in [-0.4, -0.2) is 32.0 Å². The highest BCUT2D eigenvalue weighted by Crippen LogP contribution is 2.37. The van der Waals surface area contributed by atoms with Gasteiger partial charge in [0.15, 0.2) is 0 Å². The van der Waals surface area contributed by atoms with Crippen molar-refractivity contribution in [3.8, 4) is 17.2 Å². The van der Waals surface area contributed by atoms with Crippen LogP contribution in [0.3, 0.4) is 0 Å². The molecule has 184 valence electrons. The number of ether oxygens (including phenoxy) is 3. The number of hydrogen-bond acceptors (Lipinski definition) is 7. The molecular weight excluding hydrogens is 484 g/mol. The van der Waals surface area contributed by atoms with Crippen LogP contribution in [0, 0.1) is 13.8 Å². The minimum atomic E-state index is -0.693. The summed E-state index contributed by atoms with van der Waals surface area (Å²) >= 11 is 6.24. The zero-order valence-corrected chi connectivity index (χ0v) is 20.8. The van der Waals surface area contributed by atoms with Crippen molar-refractivity contribution in [2.45, 2.75) is 13.8 Å². The van der Waals surface area contributed by atoms with Crippen molar-refractivity contribution in [3.63, 3.8) is 0 Å². The van der Waals surface area contributed by atoms with E-state index in [4.69, 9.17) is 25.8 Å². The summed E-state index contributed by atoms with van der Waals surface area (Å²) in [6, 6.07) is 16.5. The van der Waals surface area contributed by atoms with Gasteiger partial charge in [0.2, 0.25) is 0 Å². The molecule has 0 unspecified atom stereocenters. The van der Waals surface area contributed by atoms with Crippen LogP contribution in [0.15, 0.2) is 71.4 Å². The number of amides is 2.